The first-order valence-electron chi connectivity index (χ1n) is 11.3. The summed E-state index contributed by atoms with van der Waals surface area (Å²) in [4.78, 5) is 21.5. The Balaban J connectivity index is 0.000000331. The summed E-state index contributed by atoms with van der Waals surface area (Å²) in [6, 6.07) is 17.6. The molecule has 0 spiro atoms. The Hall–Kier alpha value is -3.00. The van der Waals surface area contributed by atoms with Crippen molar-refractivity contribution in [3.05, 3.63) is 82.9 Å². The van der Waals surface area contributed by atoms with Gasteiger partial charge in [-0.05, 0) is 41.5 Å². The van der Waals surface area contributed by atoms with E-state index < -0.39 is 11.9 Å². The minimum Gasteiger partial charge on any atom is -0.478 e. The molecule has 0 radical (unpaired) electrons. The normalized spacial score (nSPS) is 16.6. The fourth-order valence-corrected chi connectivity index (χ4v) is 4.12. The second kappa shape index (κ2) is 12.9. The number of hydrogen-bond acceptors (Lipinski definition) is 5. The Kier molecular flexibility index (Phi) is 9.62. The van der Waals surface area contributed by atoms with Crippen LogP contribution < -0.4 is 0 Å². The van der Waals surface area contributed by atoms with Gasteiger partial charge in [0.1, 0.15) is 6.10 Å². The van der Waals surface area contributed by atoms with E-state index in [9.17, 15) is 9.59 Å². The van der Waals surface area contributed by atoms with Crippen LogP contribution in [0, 0.1) is 0 Å². The standard InChI is InChI=1S/C22H27NO2.C4H4O4/c1-3-10-20-18(6-1)8-5-9-19-7-2-4-11-21(19)22(20)25-17-14-23-12-15-24-16-13-23;5-3(6)1-2-4(7)8/h1-4,6-7,10-11,22H,5,8-9,12-17H2;1-2H,(H,5,6)(H,7,8)/b;2-1-. The van der Waals surface area contributed by atoms with Crippen LogP contribution >= 0.6 is 0 Å². The highest BCUT2D eigenvalue weighted by Gasteiger charge is 2.23. The minimum absolute atomic E-state index is 0.0498. The lowest BCUT2D eigenvalue weighted by atomic mass is 9.87. The van der Waals surface area contributed by atoms with Crippen molar-refractivity contribution < 1.29 is 29.3 Å². The predicted octanol–water partition coefficient (Wildman–Crippen LogP) is 3.33. The number of morpholine rings is 1. The number of benzene rings is 2. The molecule has 0 aromatic heterocycles. The van der Waals surface area contributed by atoms with Gasteiger partial charge >= 0.3 is 11.9 Å². The summed E-state index contributed by atoms with van der Waals surface area (Å²) in [6.07, 6.45) is 4.63. The topological polar surface area (TPSA) is 96.3 Å². The molecule has 1 heterocycles. The van der Waals surface area contributed by atoms with Crippen LogP contribution in [0.5, 0.6) is 0 Å². The summed E-state index contributed by atoms with van der Waals surface area (Å²) in [6.45, 7) is 5.45. The number of fused-ring (bicyclic) bond motifs is 2. The van der Waals surface area contributed by atoms with Crippen molar-refractivity contribution in [1.82, 2.24) is 4.90 Å². The Morgan fingerprint density at radius 1 is 0.909 bits per heavy atom. The van der Waals surface area contributed by atoms with Crippen LogP contribution in [0.3, 0.4) is 0 Å². The number of rotatable bonds is 6. The molecule has 2 N–H and O–H groups in total. The highest BCUT2D eigenvalue weighted by atomic mass is 16.5. The zero-order chi connectivity index (χ0) is 23.5. The van der Waals surface area contributed by atoms with E-state index in [1.54, 1.807) is 0 Å². The van der Waals surface area contributed by atoms with E-state index in [-0.39, 0.29) is 6.10 Å². The van der Waals surface area contributed by atoms with E-state index in [1.165, 1.54) is 28.7 Å². The number of carbonyl (C=O) groups is 2. The van der Waals surface area contributed by atoms with Crippen LogP contribution in [0.25, 0.3) is 0 Å². The summed E-state index contributed by atoms with van der Waals surface area (Å²) in [5, 5.41) is 15.6. The quantitative estimate of drug-likeness (QED) is 0.648. The van der Waals surface area contributed by atoms with Gasteiger partial charge in [0.05, 0.1) is 19.8 Å². The summed E-state index contributed by atoms with van der Waals surface area (Å²) in [7, 11) is 0. The van der Waals surface area contributed by atoms with Crippen LogP contribution in [0.15, 0.2) is 60.7 Å². The number of aryl methyl sites for hydroxylation is 2. The second-order valence-electron chi connectivity index (χ2n) is 7.97. The fourth-order valence-electron chi connectivity index (χ4n) is 4.12. The third-order valence-electron chi connectivity index (χ3n) is 5.73. The fraction of sp³-hybridized carbons (Fsp3) is 0.385. The van der Waals surface area contributed by atoms with Crippen LogP contribution in [-0.4, -0.2) is 66.5 Å². The van der Waals surface area contributed by atoms with E-state index in [1.807, 2.05) is 0 Å². The van der Waals surface area contributed by atoms with E-state index in [4.69, 9.17) is 19.7 Å². The molecule has 1 fully saturated rings. The van der Waals surface area contributed by atoms with Crippen molar-refractivity contribution in [3.8, 4) is 0 Å². The van der Waals surface area contributed by atoms with Crippen LogP contribution in [-0.2, 0) is 31.9 Å². The number of aliphatic carboxylic acids is 2. The van der Waals surface area contributed by atoms with Gasteiger partial charge < -0.3 is 19.7 Å². The van der Waals surface area contributed by atoms with Crippen LogP contribution in [0.2, 0.25) is 0 Å². The third kappa shape index (κ3) is 7.82. The van der Waals surface area contributed by atoms with Gasteiger partial charge in [0.15, 0.2) is 0 Å². The molecule has 7 heteroatoms. The van der Waals surface area contributed by atoms with E-state index >= 15 is 0 Å². The average Bonchev–Trinajstić information content (AvgIpc) is 2.81. The smallest absolute Gasteiger partial charge is 0.328 e. The van der Waals surface area contributed by atoms with Gasteiger partial charge in [-0.25, -0.2) is 9.59 Å². The van der Waals surface area contributed by atoms with Gasteiger partial charge in [0.2, 0.25) is 0 Å². The zero-order valence-corrected chi connectivity index (χ0v) is 18.7. The molecule has 0 saturated carbocycles. The Labute approximate surface area is 194 Å². The van der Waals surface area contributed by atoms with E-state index in [0.717, 1.165) is 52.3 Å². The molecule has 176 valence electrons. The Morgan fingerprint density at radius 2 is 1.42 bits per heavy atom. The molecule has 7 nitrogen and oxygen atoms in total. The molecule has 0 unspecified atom stereocenters. The SMILES string of the molecule is O=C(O)/C=C\C(=O)O.c1ccc2c(c1)CCCc1ccccc1C2OCCN1CCOCC1. The van der Waals surface area contributed by atoms with Crippen LogP contribution in [0.4, 0.5) is 0 Å². The second-order valence-corrected chi connectivity index (χ2v) is 7.97. The van der Waals surface area contributed by atoms with Crippen molar-refractivity contribution in [1.29, 1.82) is 0 Å². The molecule has 0 atom stereocenters. The van der Waals surface area contributed by atoms with Gasteiger partial charge in [-0.1, -0.05) is 48.5 Å². The van der Waals surface area contributed by atoms with Crippen molar-refractivity contribution in [2.75, 3.05) is 39.5 Å². The van der Waals surface area contributed by atoms with E-state index in [2.05, 4.69) is 53.4 Å². The highest BCUT2D eigenvalue weighted by Crippen LogP contribution is 2.34. The summed E-state index contributed by atoms with van der Waals surface area (Å²) in [5.41, 5.74) is 5.56. The number of carboxylic acid groups (broad SMARTS) is 2. The van der Waals surface area contributed by atoms with Gasteiger partial charge in [0.25, 0.3) is 0 Å². The summed E-state index contributed by atoms with van der Waals surface area (Å²) < 4.78 is 11.9. The molecule has 1 aliphatic carbocycles. The summed E-state index contributed by atoms with van der Waals surface area (Å²) in [5.74, 6) is -2.51. The van der Waals surface area contributed by atoms with Gasteiger partial charge in [-0.15, -0.1) is 0 Å². The molecule has 0 bridgehead atoms. The highest BCUT2D eigenvalue weighted by molar-refractivity contribution is 5.89. The maximum atomic E-state index is 9.55. The van der Waals surface area contributed by atoms with Crippen molar-refractivity contribution in [2.24, 2.45) is 0 Å². The number of hydrogen-bond donors (Lipinski definition) is 2. The van der Waals surface area contributed by atoms with Crippen LogP contribution in [0.1, 0.15) is 34.8 Å². The van der Waals surface area contributed by atoms with Gasteiger partial charge in [0, 0.05) is 31.8 Å². The number of ether oxygens (including phenoxy) is 2. The predicted molar refractivity (Wildman–Crippen MR) is 124 cm³/mol. The number of carboxylic acids is 2. The minimum atomic E-state index is -1.26. The molecule has 2 aromatic carbocycles. The van der Waals surface area contributed by atoms with Crippen molar-refractivity contribution in [3.63, 3.8) is 0 Å². The van der Waals surface area contributed by atoms with Crippen molar-refractivity contribution >= 4 is 11.9 Å². The van der Waals surface area contributed by atoms with E-state index in [0.29, 0.717) is 12.2 Å². The molecule has 0 amide bonds. The molecular weight excluding hydrogens is 422 g/mol. The number of nitrogens with zero attached hydrogens (tertiary/aromatic N) is 1. The first kappa shape index (κ1) is 24.6. The summed E-state index contributed by atoms with van der Waals surface area (Å²) >= 11 is 0. The first-order chi connectivity index (χ1) is 16.0. The third-order valence-corrected chi connectivity index (χ3v) is 5.73. The molecule has 33 heavy (non-hydrogen) atoms. The van der Waals surface area contributed by atoms with Gasteiger partial charge in [-0.3, -0.25) is 4.90 Å². The maximum Gasteiger partial charge on any atom is 0.328 e. The lowest BCUT2D eigenvalue weighted by molar-refractivity contribution is -0.134. The average molecular weight is 454 g/mol. The molecule has 2 aliphatic rings. The lowest BCUT2D eigenvalue weighted by Gasteiger charge is -2.29. The Bertz CT molecular complexity index is 888. The molecule has 4 rings (SSSR count). The van der Waals surface area contributed by atoms with Crippen molar-refractivity contribution in [2.45, 2.75) is 25.4 Å². The molecule has 1 aliphatic heterocycles. The monoisotopic (exact) mass is 453 g/mol. The largest absolute Gasteiger partial charge is 0.478 e. The molecular formula is C26H31NO6. The molecule has 2 aromatic rings. The first-order valence-corrected chi connectivity index (χ1v) is 11.3. The maximum absolute atomic E-state index is 9.55. The Morgan fingerprint density at radius 3 is 1.94 bits per heavy atom. The van der Waals surface area contributed by atoms with Gasteiger partial charge in [-0.2, -0.15) is 0 Å². The molecule has 1 saturated heterocycles. The zero-order valence-electron chi connectivity index (χ0n) is 18.7. The lowest BCUT2D eigenvalue weighted by Crippen LogP contribution is -2.38.